The van der Waals surface area contributed by atoms with E-state index in [1.54, 1.807) is 7.11 Å². The number of carbonyl (C=O) groups excluding carboxylic acids is 1. The zero-order chi connectivity index (χ0) is 18.0. The minimum atomic E-state index is -0.0778. The molecule has 1 aliphatic carbocycles. The summed E-state index contributed by atoms with van der Waals surface area (Å²) in [5.41, 5.74) is 2.17. The van der Waals surface area contributed by atoms with Crippen molar-refractivity contribution in [2.24, 2.45) is 0 Å². The number of amides is 1. The zero-order valence-electron chi connectivity index (χ0n) is 14.8. The van der Waals surface area contributed by atoms with Crippen LogP contribution in [0.15, 0.2) is 48.5 Å². The molecule has 1 heterocycles. The van der Waals surface area contributed by atoms with Gasteiger partial charge in [-0.3, -0.25) is 4.79 Å². The van der Waals surface area contributed by atoms with Crippen LogP contribution in [-0.2, 0) is 5.41 Å². The van der Waals surface area contributed by atoms with E-state index in [4.69, 9.17) is 4.74 Å². The van der Waals surface area contributed by atoms with E-state index in [0.717, 1.165) is 28.8 Å². The lowest BCUT2D eigenvalue weighted by atomic mass is 9.79. The summed E-state index contributed by atoms with van der Waals surface area (Å²) < 4.78 is 6.32. The Kier molecular flexibility index (Phi) is 4.64. The van der Waals surface area contributed by atoms with Crippen molar-refractivity contribution in [3.8, 4) is 5.75 Å². The fourth-order valence-electron chi connectivity index (χ4n) is 3.86. The van der Waals surface area contributed by atoms with Gasteiger partial charge < -0.3 is 10.1 Å². The summed E-state index contributed by atoms with van der Waals surface area (Å²) in [5, 5.41) is 3.68. The second-order valence-corrected chi connectivity index (χ2v) is 7.92. The Hall–Kier alpha value is -2.40. The maximum absolute atomic E-state index is 12.7. The summed E-state index contributed by atoms with van der Waals surface area (Å²) in [4.78, 5) is 17.1. The molecule has 0 bridgehead atoms. The second-order valence-electron chi connectivity index (χ2n) is 6.89. The molecule has 1 amide bonds. The quantitative estimate of drug-likeness (QED) is 0.721. The number of hydrogen-bond acceptors (Lipinski definition) is 4. The van der Waals surface area contributed by atoms with Gasteiger partial charge in [0.2, 0.25) is 0 Å². The lowest BCUT2D eigenvalue weighted by molar-refractivity contribution is 0.0943. The lowest BCUT2D eigenvalue weighted by Crippen LogP contribution is -2.39. The first-order valence-electron chi connectivity index (χ1n) is 8.98. The predicted octanol–water partition coefficient (Wildman–Crippen LogP) is 4.55. The van der Waals surface area contributed by atoms with Crippen molar-refractivity contribution in [3.63, 3.8) is 0 Å². The molecule has 5 heteroatoms. The van der Waals surface area contributed by atoms with Crippen LogP contribution in [0.1, 0.15) is 41.0 Å². The summed E-state index contributed by atoms with van der Waals surface area (Å²) >= 11 is 1.45. The van der Waals surface area contributed by atoms with Gasteiger partial charge in [-0.05, 0) is 42.7 Å². The maximum Gasteiger partial charge on any atom is 0.280 e. The molecule has 4 nitrogen and oxygen atoms in total. The van der Waals surface area contributed by atoms with Gasteiger partial charge in [0.1, 0.15) is 5.75 Å². The summed E-state index contributed by atoms with van der Waals surface area (Å²) in [7, 11) is 1.68. The molecule has 1 fully saturated rings. The van der Waals surface area contributed by atoms with Crippen molar-refractivity contribution in [1.29, 1.82) is 0 Å². The van der Waals surface area contributed by atoms with Crippen LogP contribution in [0.3, 0.4) is 0 Å². The van der Waals surface area contributed by atoms with Gasteiger partial charge in [-0.2, -0.15) is 0 Å². The monoisotopic (exact) mass is 366 g/mol. The average Bonchev–Trinajstić information content (AvgIpc) is 3.34. The second kappa shape index (κ2) is 7.08. The van der Waals surface area contributed by atoms with Gasteiger partial charge in [0.05, 0.1) is 17.3 Å². The Morgan fingerprint density at radius 1 is 1.15 bits per heavy atom. The molecule has 4 rings (SSSR count). The van der Waals surface area contributed by atoms with Crippen LogP contribution in [0.25, 0.3) is 10.2 Å². The predicted molar refractivity (Wildman–Crippen MR) is 105 cm³/mol. The molecule has 134 valence electrons. The highest BCUT2D eigenvalue weighted by atomic mass is 32.1. The largest absolute Gasteiger partial charge is 0.497 e. The number of methoxy groups -OCH3 is 1. The third-order valence-corrected chi connectivity index (χ3v) is 6.37. The van der Waals surface area contributed by atoms with E-state index in [9.17, 15) is 4.79 Å². The van der Waals surface area contributed by atoms with Crippen molar-refractivity contribution in [1.82, 2.24) is 10.3 Å². The third kappa shape index (κ3) is 3.19. The van der Waals surface area contributed by atoms with E-state index in [1.165, 1.54) is 29.7 Å². The Bertz CT molecular complexity index is 878. The van der Waals surface area contributed by atoms with Gasteiger partial charge in [0.15, 0.2) is 5.01 Å². The van der Waals surface area contributed by atoms with E-state index < -0.39 is 0 Å². The molecule has 1 aliphatic rings. The van der Waals surface area contributed by atoms with Crippen molar-refractivity contribution in [2.45, 2.75) is 31.1 Å². The molecule has 0 aliphatic heterocycles. The molecule has 0 saturated heterocycles. The van der Waals surface area contributed by atoms with Crippen LogP contribution in [0.2, 0.25) is 0 Å². The van der Waals surface area contributed by atoms with Crippen LogP contribution in [0.4, 0.5) is 0 Å². The van der Waals surface area contributed by atoms with E-state index in [2.05, 4.69) is 22.4 Å². The number of hydrogen-bond donors (Lipinski definition) is 1. The highest BCUT2D eigenvalue weighted by molar-refractivity contribution is 7.20. The molecule has 1 aromatic heterocycles. The van der Waals surface area contributed by atoms with Crippen LogP contribution in [0, 0.1) is 0 Å². The first-order chi connectivity index (χ1) is 12.7. The number of benzene rings is 2. The SMILES string of the molecule is COc1ccc(C2(CNC(=O)c3nc4ccccc4s3)CCCC2)cc1. The minimum Gasteiger partial charge on any atom is -0.497 e. The fraction of sp³-hybridized carbons (Fsp3) is 0.333. The summed E-state index contributed by atoms with van der Waals surface area (Å²) in [5.74, 6) is 0.784. The maximum atomic E-state index is 12.7. The van der Waals surface area contributed by atoms with Crippen molar-refractivity contribution < 1.29 is 9.53 Å². The van der Waals surface area contributed by atoms with Crippen molar-refractivity contribution in [3.05, 3.63) is 59.1 Å². The van der Waals surface area contributed by atoms with Crippen LogP contribution < -0.4 is 10.1 Å². The highest BCUT2D eigenvalue weighted by Crippen LogP contribution is 2.41. The van der Waals surface area contributed by atoms with Gasteiger partial charge in [-0.25, -0.2) is 4.98 Å². The molecule has 26 heavy (non-hydrogen) atoms. The number of thiazole rings is 1. The molecule has 0 unspecified atom stereocenters. The van der Waals surface area contributed by atoms with Gasteiger partial charge >= 0.3 is 0 Å². The van der Waals surface area contributed by atoms with Gasteiger partial charge in [-0.15, -0.1) is 11.3 Å². The number of rotatable bonds is 5. The number of fused-ring (bicyclic) bond motifs is 1. The van der Waals surface area contributed by atoms with E-state index >= 15 is 0 Å². The van der Waals surface area contributed by atoms with Gasteiger partial charge in [0, 0.05) is 12.0 Å². The molecule has 3 aromatic rings. The van der Waals surface area contributed by atoms with Crippen molar-refractivity contribution in [2.75, 3.05) is 13.7 Å². The number of aromatic nitrogens is 1. The Morgan fingerprint density at radius 2 is 1.88 bits per heavy atom. The molecule has 2 aromatic carbocycles. The van der Waals surface area contributed by atoms with E-state index in [0.29, 0.717) is 11.6 Å². The van der Waals surface area contributed by atoms with Crippen LogP contribution in [-0.4, -0.2) is 24.5 Å². The standard InChI is InChI=1S/C21H22N2O2S/c1-25-16-10-8-15(9-11-16)21(12-4-5-13-21)14-22-19(24)20-23-17-6-2-3-7-18(17)26-20/h2-3,6-11H,4-5,12-14H2,1H3,(H,22,24). The molecular formula is C21H22N2O2S. The Labute approximate surface area is 157 Å². The average molecular weight is 366 g/mol. The fourth-order valence-corrected chi connectivity index (χ4v) is 4.74. The number of para-hydroxylation sites is 1. The van der Waals surface area contributed by atoms with E-state index in [-0.39, 0.29) is 11.3 Å². The van der Waals surface area contributed by atoms with Crippen molar-refractivity contribution >= 4 is 27.5 Å². The Balaban J connectivity index is 1.52. The normalized spacial score (nSPS) is 15.9. The number of nitrogens with one attached hydrogen (secondary N) is 1. The summed E-state index contributed by atoms with van der Waals surface area (Å²) in [6.07, 6.45) is 4.59. The van der Waals surface area contributed by atoms with E-state index in [1.807, 2.05) is 36.4 Å². The molecular weight excluding hydrogens is 344 g/mol. The van der Waals surface area contributed by atoms with Crippen LogP contribution in [0.5, 0.6) is 5.75 Å². The number of nitrogens with zero attached hydrogens (tertiary/aromatic N) is 1. The topological polar surface area (TPSA) is 51.2 Å². The number of ether oxygens (including phenoxy) is 1. The summed E-state index contributed by atoms with van der Waals surface area (Å²) in [6.45, 7) is 0.647. The molecule has 1 N–H and O–H groups in total. The molecule has 0 atom stereocenters. The lowest BCUT2D eigenvalue weighted by Gasteiger charge is -2.30. The molecule has 1 saturated carbocycles. The molecule has 0 spiro atoms. The Morgan fingerprint density at radius 3 is 2.58 bits per heavy atom. The smallest absolute Gasteiger partial charge is 0.280 e. The van der Waals surface area contributed by atoms with Crippen LogP contribution >= 0.6 is 11.3 Å². The van der Waals surface area contributed by atoms with Gasteiger partial charge in [0.25, 0.3) is 5.91 Å². The number of carbonyl (C=O) groups is 1. The van der Waals surface area contributed by atoms with Gasteiger partial charge in [-0.1, -0.05) is 37.1 Å². The highest BCUT2D eigenvalue weighted by Gasteiger charge is 2.36. The molecule has 0 radical (unpaired) electrons. The first kappa shape index (κ1) is 17.0. The first-order valence-corrected chi connectivity index (χ1v) is 9.80. The zero-order valence-corrected chi connectivity index (χ0v) is 15.6. The summed E-state index contributed by atoms with van der Waals surface area (Å²) in [6, 6.07) is 16.1. The minimum absolute atomic E-state index is 0.0125. The third-order valence-electron chi connectivity index (χ3n) is 5.34.